The summed E-state index contributed by atoms with van der Waals surface area (Å²) in [6, 6.07) is 24.3. The van der Waals surface area contributed by atoms with Gasteiger partial charge in [0, 0.05) is 35.7 Å². The minimum atomic E-state index is 0.101. The number of nitrogens with one attached hydrogen (secondary N) is 1. The molecule has 5 rings (SSSR count). The van der Waals surface area contributed by atoms with E-state index in [4.69, 9.17) is 10.2 Å². The van der Waals surface area contributed by atoms with Gasteiger partial charge in [-0.2, -0.15) is 10.4 Å². The minimum Gasteiger partial charge on any atom is -0.396 e. The fraction of sp³-hybridized carbons (Fsp3) is 0.148. The summed E-state index contributed by atoms with van der Waals surface area (Å²) in [6.45, 7) is 2.71. The molecule has 0 bridgehead atoms. The molecule has 0 fully saturated rings. The van der Waals surface area contributed by atoms with Gasteiger partial charge in [0.25, 0.3) is 0 Å². The lowest BCUT2D eigenvalue weighted by Gasteiger charge is -2.11. The maximum Gasteiger partial charge on any atom is 0.101 e. The Labute approximate surface area is 191 Å². The highest BCUT2D eigenvalue weighted by molar-refractivity contribution is 5.99. The molecule has 0 amide bonds. The summed E-state index contributed by atoms with van der Waals surface area (Å²) in [4.78, 5) is 4.64. The number of hydrogen-bond acceptors (Lipinski definition) is 5. The van der Waals surface area contributed by atoms with Gasteiger partial charge in [0.2, 0.25) is 0 Å². The predicted molar refractivity (Wildman–Crippen MR) is 131 cm³/mol. The van der Waals surface area contributed by atoms with Crippen LogP contribution in [-0.2, 0) is 0 Å². The van der Waals surface area contributed by atoms with Gasteiger partial charge in [-0.1, -0.05) is 30.3 Å². The number of hydrogen-bond donors (Lipinski definition) is 2. The molecule has 6 nitrogen and oxygen atoms in total. The molecule has 0 spiro atoms. The number of rotatable bonds is 6. The van der Waals surface area contributed by atoms with Gasteiger partial charge in [-0.15, -0.1) is 0 Å². The van der Waals surface area contributed by atoms with E-state index < -0.39 is 0 Å². The van der Waals surface area contributed by atoms with Crippen molar-refractivity contribution in [2.45, 2.75) is 13.3 Å². The summed E-state index contributed by atoms with van der Waals surface area (Å²) < 4.78 is 1.92. The minimum absolute atomic E-state index is 0.101. The molecule has 2 aromatic heterocycles. The van der Waals surface area contributed by atoms with Gasteiger partial charge in [-0.3, -0.25) is 4.98 Å². The van der Waals surface area contributed by atoms with Crippen molar-refractivity contribution in [1.29, 1.82) is 5.26 Å². The van der Waals surface area contributed by atoms with Gasteiger partial charge in [-0.05, 0) is 55.3 Å². The summed E-state index contributed by atoms with van der Waals surface area (Å²) >= 11 is 0. The Kier molecular flexibility index (Phi) is 5.47. The maximum atomic E-state index is 9.48. The second-order valence-electron chi connectivity index (χ2n) is 7.96. The highest BCUT2D eigenvalue weighted by Crippen LogP contribution is 2.33. The van der Waals surface area contributed by atoms with E-state index in [0.29, 0.717) is 18.5 Å². The second-order valence-corrected chi connectivity index (χ2v) is 7.96. The number of nitriles is 1. The van der Waals surface area contributed by atoms with Crippen molar-refractivity contribution in [1.82, 2.24) is 14.8 Å². The van der Waals surface area contributed by atoms with E-state index in [9.17, 15) is 5.26 Å². The molecular formula is C27H23N5O. The van der Waals surface area contributed by atoms with E-state index in [1.807, 2.05) is 54.2 Å². The smallest absolute Gasteiger partial charge is 0.101 e. The molecule has 6 heteroatoms. The third-order valence-corrected chi connectivity index (χ3v) is 5.80. The molecule has 0 aliphatic heterocycles. The summed E-state index contributed by atoms with van der Waals surface area (Å²) in [5.41, 5.74) is 7.19. The van der Waals surface area contributed by atoms with Crippen LogP contribution in [0.1, 0.15) is 17.7 Å². The van der Waals surface area contributed by atoms with Crippen LogP contribution in [0.4, 0.5) is 5.69 Å². The number of anilines is 1. The zero-order valence-corrected chi connectivity index (χ0v) is 18.3. The van der Waals surface area contributed by atoms with Crippen LogP contribution in [0.2, 0.25) is 0 Å². The number of aliphatic hydroxyl groups excluding tert-OH is 1. The van der Waals surface area contributed by atoms with E-state index in [2.05, 4.69) is 40.6 Å². The molecule has 162 valence electrons. The maximum absolute atomic E-state index is 9.48. The van der Waals surface area contributed by atoms with Crippen LogP contribution >= 0.6 is 0 Å². The molecule has 0 radical (unpaired) electrons. The summed E-state index contributed by atoms with van der Waals surface area (Å²) in [6.07, 6.45) is 2.53. The van der Waals surface area contributed by atoms with Gasteiger partial charge >= 0.3 is 0 Å². The Bertz CT molecular complexity index is 1510. The molecule has 2 heterocycles. The van der Waals surface area contributed by atoms with Crippen molar-refractivity contribution < 1.29 is 5.11 Å². The standard InChI is InChI=1S/C27H23N5O/c1-18-27-23(21-14-19-6-2-3-8-24(19)30-17-21)7-4-9-26(27)32(31-18)22-11-10-20(16-28)25(15-22)29-12-5-13-33/h2-4,6-11,14-15,17,29,33H,5,12-13H2,1H3. The fourth-order valence-electron chi connectivity index (χ4n) is 4.22. The van der Waals surface area contributed by atoms with Crippen molar-refractivity contribution in [3.8, 4) is 22.9 Å². The van der Waals surface area contributed by atoms with Crippen LogP contribution in [0.15, 0.2) is 72.9 Å². The Morgan fingerprint density at radius 3 is 2.79 bits per heavy atom. The number of benzene rings is 3. The number of pyridine rings is 1. The molecule has 0 atom stereocenters. The average molecular weight is 434 g/mol. The molecular weight excluding hydrogens is 410 g/mol. The molecule has 5 aromatic rings. The Hall–Kier alpha value is -4.21. The monoisotopic (exact) mass is 433 g/mol. The van der Waals surface area contributed by atoms with Gasteiger partial charge in [0.05, 0.1) is 33.7 Å². The third-order valence-electron chi connectivity index (χ3n) is 5.80. The lowest BCUT2D eigenvalue weighted by molar-refractivity contribution is 0.292. The van der Waals surface area contributed by atoms with Crippen LogP contribution in [0.3, 0.4) is 0 Å². The molecule has 2 N–H and O–H groups in total. The van der Waals surface area contributed by atoms with E-state index in [1.165, 1.54) is 0 Å². The first-order chi connectivity index (χ1) is 16.2. The highest BCUT2D eigenvalue weighted by Gasteiger charge is 2.15. The molecule has 0 aliphatic carbocycles. The predicted octanol–water partition coefficient (Wildman–Crippen LogP) is 5.22. The summed E-state index contributed by atoms with van der Waals surface area (Å²) in [7, 11) is 0. The lowest BCUT2D eigenvalue weighted by atomic mass is 10.0. The van der Waals surface area contributed by atoms with Gasteiger partial charge < -0.3 is 10.4 Å². The van der Waals surface area contributed by atoms with Crippen molar-refractivity contribution in [2.75, 3.05) is 18.5 Å². The van der Waals surface area contributed by atoms with Crippen LogP contribution in [0.25, 0.3) is 38.6 Å². The van der Waals surface area contributed by atoms with Crippen molar-refractivity contribution >= 4 is 27.5 Å². The van der Waals surface area contributed by atoms with E-state index in [-0.39, 0.29) is 6.61 Å². The number of para-hydroxylation sites is 1. The van der Waals surface area contributed by atoms with Gasteiger partial charge in [0.15, 0.2) is 0 Å². The lowest BCUT2D eigenvalue weighted by Crippen LogP contribution is -2.06. The Morgan fingerprint density at radius 2 is 1.94 bits per heavy atom. The first kappa shape index (κ1) is 20.7. The first-order valence-corrected chi connectivity index (χ1v) is 10.9. The number of fused-ring (bicyclic) bond motifs is 2. The molecule has 0 unspecified atom stereocenters. The van der Waals surface area contributed by atoms with Crippen LogP contribution in [0, 0.1) is 18.3 Å². The van der Waals surface area contributed by atoms with E-state index >= 15 is 0 Å². The van der Waals surface area contributed by atoms with Crippen molar-refractivity contribution in [3.63, 3.8) is 0 Å². The average Bonchev–Trinajstić information content (AvgIpc) is 3.20. The van der Waals surface area contributed by atoms with Crippen molar-refractivity contribution in [3.05, 3.63) is 84.2 Å². The van der Waals surface area contributed by atoms with E-state index in [0.717, 1.165) is 50.0 Å². The molecule has 0 saturated heterocycles. The van der Waals surface area contributed by atoms with Crippen LogP contribution in [-0.4, -0.2) is 33.0 Å². The van der Waals surface area contributed by atoms with Gasteiger partial charge in [0.1, 0.15) is 6.07 Å². The number of nitrogens with zero attached hydrogens (tertiary/aromatic N) is 4. The van der Waals surface area contributed by atoms with Gasteiger partial charge in [-0.25, -0.2) is 4.68 Å². The quantitative estimate of drug-likeness (QED) is 0.359. The summed E-state index contributed by atoms with van der Waals surface area (Å²) in [5, 5.41) is 28.8. The Balaban J connectivity index is 1.63. The zero-order chi connectivity index (χ0) is 22.8. The SMILES string of the molecule is Cc1nn(-c2ccc(C#N)c(NCCCO)c2)c2cccc(-c3cnc4ccccc4c3)c12. The molecule has 3 aromatic carbocycles. The normalized spacial score (nSPS) is 11.1. The largest absolute Gasteiger partial charge is 0.396 e. The van der Waals surface area contributed by atoms with Crippen LogP contribution < -0.4 is 5.32 Å². The number of aliphatic hydroxyl groups is 1. The third kappa shape index (κ3) is 3.79. The first-order valence-electron chi connectivity index (χ1n) is 10.9. The fourth-order valence-corrected chi connectivity index (χ4v) is 4.22. The molecule has 33 heavy (non-hydrogen) atoms. The van der Waals surface area contributed by atoms with Crippen LogP contribution in [0.5, 0.6) is 0 Å². The summed E-state index contributed by atoms with van der Waals surface area (Å²) in [5.74, 6) is 0. The number of aromatic nitrogens is 3. The molecule has 0 aliphatic rings. The van der Waals surface area contributed by atoms with E-state index in [1.54, 1.807) is 6.07 Å². The highest BCUT2D eigenvalue weighted by atomic mass is 16.3. The number of aryl methyl sites for hydroxylation is 1. The zero-order valence-electron chi connectivity index (χ0n) is 18.3. The topological polar surface area (TPSA) is 86.8 Å². The second kappa shape index (κ2) is 8.73. The molecule has 0 saturated carbocycles. The van der Waals surface area contributed by atoms with Crippen molar-refractivity contribution in [2.24, 2.45) is 0 Å². The Morgan fingerprint density at radius 1 is 1.06 bits per heavy atom.